The molecule has 0 saturated heterocycles. The SMILES string of the molecule is NC(=O)c1nccnc1OCc1ccccc1. The fraction of sp³-hybridized carbons (Fsp3) is 0.0833. The Hall–Kier alpha value is -2.43. The molecule has 5 nitrogen and oxygen atoms in total. The number of aromatic nitrogens is 2. The monoisotopic (exact) mass is 229 g/mol. The lowest BCUT2D eigenvalue weighted by molar-refractivity contribution is 0.0989. The van der Waals surface area contributed by atoms with Crippen LogP contribution in [0.15, 0.2) is 42.7 Å². The van der Waals surface area contributed by atoms with Crippen molar-refractivity contribution in [2.24, 2.45) is 5.73 Å². The van der Waals surface area contributed by atoms with Gasteiger partial charge in [0.25, 0.3) is 5.91 Å². The Labute approximate surface area is 98.3 Å². The number of nitrogens with two attached hydrogens (primary N) is 1. The van der Waals surface area contributed by atoms with Crippen molar-refractivity contribution in [3.63, 3.8) is 0 Å². The van der Waals surface area contributed by atoms with Crippen LogP contribution in [0.4, 0.5) is 0 Å². The van der Waals surface area contributed by atoms with Crippen LogP contribution in [0.1, 0.15) is 16.1 Å². The first-order valence-corrected chi connectivity index (χ1v) is 5.05. The second-order valence-electron chi connectivity index (χ2n) is 3.35. The Morgan fingerprint density at radius 2 is 1.88 bits per heavy atom. The van der Waals surface area contributed by atoms with Crippen molar-refractivity contribution in [1.29, 1.82) is 0 Å². The van der Waals surface area contributed by atoms with Gasteiger partial charge >= 0.3 is 0 Å². The molecule has 0 unspecified atom stereocenters. The zero-order chi connectivity index (χ0) is 12.1. The molecule has 5 heteroatoms. The fourth-order valence-electron chi connectivity index (χ4n) is 1.33. The lowest BCUT2D eigenvalue weighted by Gasteiger charge is -2.06. The number of carbonyl (C=O) groups excluding carboxylic acids is 1. The average Bonchev–Trinajstić information content (AvgIpc) is 2.38. The van der Waals surface area contributed by atoms with Crippen molar-refractivity contribution in [1.82, 2.24) is 9.97 Å². The first-order valence-electron chi connectivity index (χ1n) is 5.05. The highest BCUT2D eigenvalue weighted by molar-refractivity contribution is 5.92. The summed E-state index contributed by atoms with van der Waals surface area (Å²) >= 11 is 0. The fourth-order valence-corrected chi connectivity index (χ4v) is 1.33. The number of hydrogen-bond donors (Lipinski definition) is 1. The highest BCUT2D eigenvalue weighted by Gasteiger charge is 2.11. The second kappa shape index (κ2) is 5.07. The van der Waals surface area contributed by atoms with Gasteiger partial charge < -0.3 is 10.5 Å². The van der Waals surface area contributed by atoms with Gasteiger partial charge in [0.1, 0.15) is 6.61 Å². The number of primary amides is 1. The Balaban J connectivity index is 2.12. The molecular weight excluding hydrogens is 218 g/mol. The van der Waals surface area contributed by atoms with E-state index in [1.54, 1.807) is 0 Å². The van der Waals surface area contributed by atoms with E-state index in [9.17, 15) is 4.79 Å². The lowest BCUT2D eigenvalue weighted by Crippen LogP contribution is -2.15. The van der Waals surface area contributed by atoms with Crippen LogP contribution in [-0.4, -0.2) is 15.9 Å². The van der Waals surface area contributed by atoms with Gasteiger partial charge in [-0.15, -0.1) is 0 Å². The average molecular weight is 229 g/mol. The maximum Gasteiger partial charge on any atom is 0.272 e. The van der Waals surface area contributed by atoms with Gasteiger partial charge in [0, 0.05) is 12.4 Å². The van der Waals surface area contributed by atoms with Crippen molar-refractivity contribution >= 4 is 5.91 Å². The van der Waals surface area contributed by atoms with Crippen LogP contribution in [-0.2, 0) is 6.61 Å². The summed E-state index contributed by atoms with van der Waals surface area (Å²) in [6.45, 7) is 0.319. The molecule has 86 valence electrons. The maximum absolute atomic E-state index is 11.1. The van der Waals surface area contributed by atoms with Crippen molar-refractivity contribution in [2.45, 2.75) is 6.61 Å². The summed E-state index contributed by atoms with van der Waals surface area (Å²) in [5.41, 5.74) is 6.19. The smallest absolute Gasteiger partial charge is 0.272 e. The normalized spacial score (nSPS) is 9.88. The summed E-state index contributed by atoms with van der Waals surface area (Å²) in [5, 5.41) is 0. The molecule has 1 heterocycles. The van der Waals surface area contributed by atoms with Crippen molar-refractivity contribution in [3.8, 4) is 5.88 Å². The Bertz CT molecular complexity index is 514. The van der Waals surface area contributed by atoms with Crippen molar-refractivity contribution in [3.05, 3.63) is 54.0 Å². The molecule has 1 amide bonds. The van der Waals surface area contributed by atoms with Gasteiger partial charge in [-0.05, 0) is 5.56 Å². The van der Waals surface area contributed by atoms with E-state index in [1.807, 2.05) is 30.3 Å². The number of ether oxygens (including phenoxy) is 1. The third kappa shape index (κ3) is 2.78. The molecule has 1 aromatic heterocycles. The molecule has 2 aromatic rings. The topological polar surface area (TPSA) is 78.1 Å². The van der Waals surface area contributed by atoms with Crippen LogP contribution < -0.4 is 10.5 Å². The van der Waals surface area contributed by atoms with Gasteiger partial charge in [-0.2, -0.15) is 0 Å². The van der Waals surface area contributed by atoms with Gasteiger partial charge in [0.15, 0.2) is 5.69 Å². The van der Waals surface area contributed by atoms with Gasteiger partial charge in [0.2, 0.25) is 5.88 Å². The zero-order valence-corrected chi connectivity index (χ0v) is 9.04. The molecule has 2 N–H and O–H groups in total. The van der Waals surface area contributed by atoms with E-state index in [0.717, 1.165) is 5.56 Å². The van der Waals surface area contributed by atoms with Gasteiger partial charge in [-0.25, -0.2) is 9.97 Å². The molecule has 0 spiro atoms. The summed E-state index contributed by atoms with van der Waals surface area (Å²) in [7, 11) is 0. The summed E-state index contributed by atoms with van der Waals surface area (Å²) in [6, 6.07) is 9.57. The van der Waals surface area contributed by atoms with Crippen molar-refractivity contribution in [2.75, 3.05) is 0 Å². The van der Waals surface area contributed by atoms with Crippen LogP contribution in [0, 0.1) is 0 Å². The number of hydrogen-bond acceptors (Lipinski definition) is 4. The Kier molecular flexibility index (Phi) is 3.30. The summed E-state index contributed by atoms with van der Waals surface area (Å²) in [6.07, 6.45) is 2.85. The second-order valence-corrected chi connectivity index (χ2v) is 3.35. The minimum atomic E-state index is -0.652. The summed E-state index contributed by atoms with van der Waals surface area (Å²) in [5.74, 6) is -0.495. The molecule has 1 aromatic carbocycles. The molecule has 0 aliphatic heterocycles. The first kappa shape index (κ1) is 11.1. The van der Waals surface area contributed by atoms with Crippen LogP contribution in [0.25, 0.3) is 0 Å². The predicted molar refractivity (Wildman–Crippen MR) is 61.3 cm³/mol. The van der Waals surface area contributed by atoms with E-state index in [0.29, 0.717) is 6.61 Å². The first-order chi connectivity index (χ1) is 8.27. The molecular formula is C12H11N3O2. The summed E-state index contributed by atoms with van der Waals surface area (Å²) in [4.78, 5) is 18.8. The predicted octanol–water partition coefficient (Wildman–Crippen LogP) is 1.15. The highest BCUT2D eigenvalue weighted by atomic mass is 16.5. The number of rotatable bonds is 4. The van der Waals surface area contributed by atoms with Gasteiger partial charge in [0.05, 0.1) is 0 Å². The van der Waals surface area contributed by atoms with E-state index < -0.39 is 5.91 Å². The molecule has 0 aliphatic carbocycles. The lowest BCUT2D eigenvalue weighted by atomic mass is 10.2. The van der Waals surface area contributed by atoms with E-state index in [1.165, 1.54) is 12.4 Å². The standard InChI is InChI=1S/C12H11N3O2/c13-11(16)10-12(15-7-6-14-10)17-8-9-4-2-1-3-5-9/h1-7H,8H2,(H2,13,16). The zero-order valence-electron chi connectivity index (χ0n) is 9.04. The molecule has 0 bridgehead atoms. The molecule has 0 atom stereocenters. The van der Waals surface area contributed by atoms with Crippen LogP contribution >= 0.6 is 0 Å². The van der Waals surface area contributed by atoms with Crippen LogP contribution in [0.2, 0.25) is 0 Å². The molecule has 0 radical (unpaired) electrons. The van der Waals surface area contributed by atoms with Crippen molar-refractivity contribution < 1.29 is 9.53 Å². The van der Waals surface area contributed by atoms with E-state index in [-0.39, 0.29) is 11.6 Å². The molecule has 0 fully saturated rings. The largest absolute Gasteiger partial charge is 0.471 e. The highest BCUT2D eigenvalue weighted by Crippen LogP contribution is 2.12. The third-order valence-electron chi connectivity index (χ3n) is 2.12. The number of carbonyl (C=O) groups is 1. The number of nitrogens with zero attached hydrogens (tertiary/aromatic N) is 2. The quantitative estimate of drug-likeness (QED) is 0.853. The van der Waals surface area contributed by atoms with E-state index in [2.05, 4.69) is 9.97 Å². The molecule has 17 heavy (non-hydrogen) atoms. The van der Waals surface area contributed by atoms with Gasteiger partial charge in [-0.1, -0.05) is 30.3 Å². The van der Waals surface area contributed by atoms with E-state index >= 15 is 0 Å². The Morgan fingerprint density at radius 1 is 1.18 bits per heavy atom. The van der Waals surface area contributed by atoms with E-state index in [4.69, 9.17) is 10.5 Å². The number of benzene rings is 1. The molecule has 0 aliphatic rings. The van der Waals surface area contributed by atoms with Crippen LogP contribution in [0.3, 0.4) is 0 Å². The number of amides is 1. The molecule has 0 saturated carbocycles. The minimum Gasteiger partial charge on any atom is -0.471 e. The van der Waals surface area contributed by atoms with Gasteiger partial charge in [-0.3, -0.25) is 4.79 Å². The molecule has 2 rings (SSSR count). The van der Waals surface area contributed by atoms with Crippen LogP contribution in [0.5, 0.6) is 5.88 Å². The Morgan fingerprint density at radius 3 is 2.59 bits per heavy atom. The summed E-state index contributed by atoms with van der Waals surface area (Å²) < 4.78 is 5.41. The maximum atomic E-state index is 11.1. The third-order valence-corrected chi connectivity index (χ3v) is 2.12. The minimum absolute atomic E-state index is 0.0448.